The van der Waals surface area contributed by atoms with Gasteiger partial charge in [-0.25, -0.2) is 0 Å². The highest BCUT2D eigenvalue weighted by atomic mass is 16.6. The summed E-state index contributed by atoms with van der Waals surface area (Å²) < 4.78 is 61.4. The van der Waals surface area contributed by atoms with E-state index in [9.17, 15) is 0 Å². The van der Waals surface area contributed by atoms with Crippen LogP contribution in [0.25, 0.3) is 0 Å². The van der Waals surface area contributed by atoms with Gasteiger partial charge in [-0.05, 0) is 44.5 Å². The summed E-state index contributed by atoms with van der Waals surface area (Å²) in [5, 5.41) is 0. The number of rotatable bonds is 0. The lowest BCUT2D eigenvalue weighted by Crippen LogP contribution is -2.15. The molecule has 2 aliphatic heterocycles. The Kier molecular flexibility index (Phi) is 14.5. The van der Waals surface area contributed by atoms with Crippen LogP contribution in [0.1, 0.15) is 44.5 Å². The molecular weight excluding hydrogens is 688 g/mol. The molecule has 0 amide bonds. The van der Waals surface area contributed by atoms with Crippen LogP contribution in [0.5, 0.6) is 23.0 Å². The van der Waals surface area contributed by atoms with E-state index in [1.54, 1.807) is 0 Å². The molecule has 288 valence electrons. The van der Waals surface area contributed by atoms with E-state index in [0.717, 1.165) is 67.5 Å². The Balaban J connectivity index is 1.33. The summed E-state index contributed by atoms with van der Waals surface area (Å²) in [4.78, 5) is 0. The fourth-order valence-corrected chi connectivity index (χ4v) is 7.12. The summed E-state index contributed by atoms with van der Waals surface area (Å²) in [5.74, 6) is 3.44. The molecule has 10 heteroatoms. The molecule has 0 saturated heterocycles. The molecule has 10 nitrogen and oxygen atoms in total. The molecule has 0 radical (unpaired) electrons. The highest BCUT2D eigenvalue weighted by Crippen LogP contribution is 2.39. The summed E-state index contributed by atoms with van der Waals surface area (Å²) in [5.41, 5.74) is 8.61. The van der Waals surface area contributed by atoms with E-state index >= 15 is 0 Å². The first kappa shape index (κ1) is 38.1. The third-order valence-corrected chi connectivity index (χ3v) is 9.62. The number of ether oxygens (including phenoxy) is 10. The van der Waals surface area contributed by atoms with Crippen molar-refractivity contribution in [1.29, 1.82) is 0 Å². The van der Waals surface area contributed by atoms with Gasteiger partial charge in [0.15, 0.2) is 0 Å². The highest BCUT2D eigenvalue weighted by molar-refractivity contribution is 5.56. The topological polar surface area (TPSA) is 92.3 Å². The van der Waals surface area contributed by atoms with Gasteiger partial charge in [0.1, 0.15) is 49.4 Å². The fourth-order valence-electron chi connectivity index (χ4n) is 7.12. The molecule has 0 N–H and O–H groups in total. The van der Waals surface area contributed by atoms with Crippen molar-refractivity contribution in [3.63, 3.8) is 0 Å². The lowest BCUT2D eigenvalue weighted by Gasteiger charge is -2.22. The minimum Gasteiger partial charge on any atom is -0.491 e. The Morgan fingerprint density at radius 1 is 0.222 bits per heavy atom. The van der Waals surface area contributed by atoms with Crippen LogP contribution < -0.4 is 18.9 Å². The Bertz CT molecular complexity index is 1650. The third kappa shape index (κ3) is 10.5. The molecule has 12 bridgehead atoms. The molecule has 0 unspecified atom stereocenters. The standard InChI is InChI=1S/C44H52O10/c1-5-33-29-34-6-2-8-36-31-38-10-4-12-40-32-39-11-3-9-37(43(39)53-27-23-49-19-20-50-24-28-54-44(38)40)30-35(7-1)41(33)51-25-21-47-17-15-45-13-14-46-16-18-48-22-26-52-42(34)36/h1-12H,13-32H2. The molecule has 4 aromatic carbocycles. The molecule has 0 spiro atoms. The van der Waals surface area contributed by atoms with Crippen molar-refractivity contribution in [3.8, 4) is 23.0 Å². The minimum atomic E-state index is 0.399. The number of hydrogen-bond acceptors (Lipinski definition) is 10. The van der Waals surface area contributed by atoms with E-state index in [1.165, 1.54) is 0 Å². The number of benzene rings is 4. The van der Waals surface area contributed by atoms with Crippen LogP contribution in [-0.2, 0) is 54.1 Å². The van der Waals surface area contributed by atoms with E-state index < -0.39 is 0 Å². The van der Waals surface area contributed by atoms with E-state index in [2.05, 4.69) is 72.8 Å². The van der Waals surface area contributed by atoms with Crippen molar-refractivity contribution in [2.75, 3.05) is 106 Å². The summed E-state index contributed by atoms with van der Waals surface area (Å²) in [6.45, 7) is 7.37. The summed E-state index contributed by atoms with van der Waals surface area (Å²) >= 11 is 0. The van der Waals surface area contributed by atoms with Crippen molar-refractivity contribution < 1.29 is 47.4 Å². The third-order valence-electron chi connectivity index (χ3n) is 9.62. The maximum absolute atomic E-state index is 6.66. The van der Waals surface area contributed by atoms with Gasteiger partial charge < -0.3 is 47.4 Å². The van der Waals surface area contributed by atoms with Crippen LogP contribution in [0, 0.1) is 0 Å². The van der Waals surface area contributed by atoms with Crippen LogP contribution >= 0.6 is 0 Å². The molecule has 2 heterocycles. The quantitative estimate of drug-likeness (QED) is 0.188. The van der Waals surface area contributed by atoms with Crippen LogP contribution in [0.3, 0.4) is 0 Å². The molecule has 0 fully saturated rings. The van der Waals surface area contributed by atoms with Crippen molar-refractivity contribution in [2.24, 2.45) is 0 Å². The minimum absolute atomic E-state index is 0.399. The lowest BCUT2D eigenvalue weighted by molar-refractivity contribution is -0.00701. The molecule has 3 aliphatic rings. The summed E-state index contributed by atoms with van der Waals surface area (Å²) in [6, 6.07) is 25.7. The summed E-state index contributed by atoms with van der Waals surface area (Å²) in [6.07, 6.45) is 2.46. The molecule has 4 aromatic rings. The Labute approximate surface area is 318 Å². The van der Waals surface area contributed by atoms with Gasteiger partial charge in [-0.3, -0.25) is 0 Å². The second-order valence-corrected chi connectivity index (χ2v) is 13.4. The van der Waals surface area contributed by atoms with Crippen molar-refractivity contribution in [2.45, 2.75) is 25.7 Å². The molecule has 0 saturated carbocycles. The zero-order valence-corrected chi connectivity index (χ0v) is 31.2. The largest absolute Gasteiger partial charge is 0.491 e. The Morgan fingerprint density at radius 3 is 0.574 bits per heavy atom. The predicted molar refractivity (Wildman–Crippen MR) is 204 cm³/mol. The lowest BCUT2D eigenvalue weighted by atomic mass is 9.91. The Morgan fingerprint density at radius 2 is 0.389 bits per heavy atom. The predicted octanol–water partition coefficient (Wildman–Crippen LogP) is 6.01. The maximum atomic E-state index is 6.66. The van der Waals surface area contributed by atoms with Crippen molar-refractivity contribution in [1.82, 2.24) is 0 Å². The average Bonchev–Trinajstić information content (AvgIpc) is 3.18. The van der Waals surface area contributed by atoms with Gasteiger partial charge in [-0.15, -0.1) is 0 Å². The fraction of sp³-hybridized carbons (Fsp3) is 0.455. The first-order valence-electron chi connectivity index (χ1n) is 19.2. The summed E-state index contributed by atoms with van der Waals surface area (Å²) in [7, 11) is 0. The van der Waals surface area contributed by atoms with E-state index in [-0.39, 0.29) is 0 Å². The maximum Gasteiger partial charge on any atom is 0.126 e. The van der Waals surface area contributed by atoms with Crippen molar-refractivity contribution >= 4 is 0 Å². The monoisotopic (exact) mass is 740 g/mol. The second kappa shape index (κ2) is 20.5. The first-order chi connectivity index (χ1) is 26.8. The van der Waals surface area contributed by atoms with E-state index in [1.807, 2.05) is 0 Å². The zero-order chi connectivity index (χ0) is 36.6. The van der Waals surface area contributed by atoms with Crippen LogP contribution in [0.15, 0.2) is 72.8 Å². The smallest absolute Gasteiger partial charge is 0.126 e. The van der Waals surface area contributed by atoms with E-state index in [4.69, 9.17) is 47.4 Å². The Hall–Kier alpha value is -4.16. The number of hydrogen-bond donors (Lipinski definition) is 0. The van der Waals surface area contributed by atoms with Crippen molar-refractivity contribution in [3.05, 3.63) is 117 Å². The van der Waals surface area contributed by atoms with Crippen LogP contribution in [0.4, 0.5) is 0 Å². The van der Waals surface area contributed by atoms with Gasteiger partial charge in [0.2, 0.25) is 0 Å². The molecule has 0 aromatic heterocycles. The van der Waals surface area contributed by atoms with Gasteiger partial charge in [0, 0.05) is 25.7 Å². The zero-order valence-electron chi connectivity index (χ0n) is 31.2. The molecule has 7 rings (SSSR count). The van der Waals surface area contributed by atoms with Crippen LogP contribution in [0.2, 0.25) is 0 Å². The van der Waals surface area contributed by atoms with Gasteiger partial charge in [0.25, 0.3) is 0 Å². The van der Waals surface area contributed by atoms with Gasteiger partial charge >= 0.3 is 0 Å². The highest BCUT2D eigenvalue weighted by Gasteiger charge is 2.22. The molecule has 54 heavy (non-hydrogen) atoms. The molecule has 0 atom stereocenters. The van der Waals surface area contributed by atoms with Gasteiger partial charge in [0.05, 0.1) is 79.3 Å². The van der Waals surface area contributed by atoms with Gasteiger partial charge in [-0.2, -0.15) is 0 Å². The average molecular weight is 741 g/mol. The second-order valence-electron chi connectivity index (χ2n) is 13.4. The molecule has 1 aliphatic carbocycles. The SMILES string of the molecule is c1cc2c3c(c1)Cc1cccc4c1OCCOCCOCCOc1c(cccc1C4)Cc1cccc(c1OCCOCCOCCOCCOCCO3)C2. The molecular formula is C44H52O10. The first-order valence-corrected chi connectivity index (χ1v) is 19.2. The normalized spacial score (nSPS) is 18.5. The van der Waals surface area contributed by atoms with Gasteiger partial charge in [-0.1, -0.05) is 72.8 Å². The van der Waals surface area contributed by atoms with Crippen LogP contribution in [-0.4, -0.2) is 106 Å². The van der Waals surface area contributed by atoms with E-state index in [0.29, 0.717) is 131 Å². The number of para-hydroxylation sites is 4.